The summed E-state index contributed by atoms with van der Waals surface area (Å²) >= 11 is 0. The first-order valence-corrected chi connectivity index (χ1v) is 9.81. The maximum atomic E-state index is 13.1. The molecule has 0 spiro atoms. The Hall–Kier alpha value is -3.06. The van der Waals surface area contributed by atoms with Gasteiger partial charge in [-0.05, 0) is 67.7 Å². The molecule has 2 aromatic carbocycles. The largest absolute Gasteiger partial charge is 0.508 e. The number of rotatable bonds is 6. The lowest BCUT2D eigenvalue weighted by Gasteiger charge is -2.44. The van der Waals surface area contributed by atoms with Crippen LogP contribution in [0.4, 0.5) is 5.69 Å². The molecule has 3 N–H and O–H groups in total. The monoisotopic (exact) mass is 396 g/mol. The van der Waals surface area contributed by atoms with Gasteiger partial charge in [-0.25, -0.2) is 9.59 Å². The molecule has 0 amide bonds. The molecule has 2 aromatic rings. The van der Waals surface area contributed by atoms with Crippen molar-refractivity contribution in [2.45, 2.75) is 25.0 Å². The van der Waals surface area contributed by atoms with Crippen LogP contribution in [0.5, 0.6) is 5.75 Å². The number of carboxylic acid groups (broad SMARTS) is 1. The quantitative estimate of drug-likeness (QED) is 0.646. The number of fused-ring (bicyclic) bond motifs is 3. The Bertz CT molecular complexity index is 908. The molecule has 0 aliphatic carbocycles. The predicted octanol–water partition coefficient (Wildman–Crippen LogP) is 2.88. The van der Waals surface area contributed by atoms with Crippen LogP contribution in [0.25, 0.3) is 0 Å². The van der Waals surface area contributed by atoms with Crippen LogP contribution in [0.3, 0.4) is 0 Å². The molecular weight excluding hydrogens is 372 g/mol. The van der Waals surface area contributed by atoms with E-state index >= 15 is 0 Å². The van der Waals surface area contributed by atoms with Crippen molar-refractivity contribution in [3.63, 3.8) is 0 Å². The van der Waals surface area contributed by atoms with Crippen LogP contribution >= 0.6 is 0 Å². The lowest BCUT2D eigenvalue weighted by molar-refractivity contribution is -0.159. The van der Waals surface area contributed by atoms with E-state index in [-0.39, 0.29) is 17.4 Å². The van der Waals surface area contributed by atoms with E-state index in [0.717, 1.165) is 32.5 Å². The number of anilines is 1. The summed E-state index contributed by atoms with van der Waals surface area (Å²) in [4.78, 5) is 26.7. The van der Waals surface area contributed by atoms with E-state index in [1.165, 1.54) is 24.3 Å². The average molecular weight is 396 g/mol. The second-order valence-electron chi connectivity index (χ2n) is 7.67. The normalized spacial score (nSPS) is 23.9. The molecule has 0 aromatic heterocycles. The number of nitrogens with zero attached hydrogens (tertiary/aromatic N) is 1. The van der Waals surface area contributed by atoms with Crippen molar-refractivity contribution in [3.8, 4) is 5.75 Å². The van der Waals surface area contributed by atoms with Crippen LogP contribution in [0.15, 0.2) is 48.5 Å². The first-order valence-electron chi connectivity index (χ1n) is 9.81. The van der Waals surface area contributed by atoms with Crippen LogP contribution in [0.1, 0.15) is 34.8 Å². The van der Waals surface area contributed by atoms with Gasteiger partial charge in [0, 0.05) is 12.2 Å². The summed E-state index contributed by atoms with van der Waals surface area (Å²) in [6.07, 6.45) is 1.92. The summed E-state index contributed by atoms with van der Waals surface area (Å²) in [5, 5.41) is 22.2. The summed E-state index contributed by atoms with van der Waals surface area (Å²) in [7, 11) is 0. The first-order chi connectivity index (χ1) is 14.0. The third-order valence-electron chi connectivity index (χ3n) is 5.72. The molecule has 3 heterocycles. The van der Waals surface area contributed by atoms with E-state index < -0.39 is 18.0 Å². The highest BCUT2D eigenvalue weighted by molar-refractivity contribution is 5.89. The summed E-state index contributed by atoms with van der Waals surface area (Å²) in [6, 6.07) is 11.9. The number of aromatic hydroxyl groups is 1. The average Bonchev–Trinajstić information content (AvgIpc) is 2.73. The van der Waals surface area contributed by atoms with Crippen LogP contribution in [0, 0.1) is 5.92 Å². The van der Waals surface area contributed by atoms with Crippen molar-refractivity contribution >= 4 is 17.6 Å². The maximum absolute atomic E-state index is 13.1. The van der Waals surface area contributed by atoms with Crippen LogP contribution < -0.4 is 5.32 Å². The van der Waals surface area contributed by atoms with E-state index in [9.17, 15) is 19.8 Å². The Morgan fingerprint density at radius 2 is 1.86 bits per heavy atom. The van der Waals surface area contributed by atoms with Crippen molar-refractivity contribution < 1.29 is 24.5 Å². The minimum absolute atomic E-state index is 0.0456. The third-order valence-corrected chi connectivity index (χ3v) is 5.72. The Balaban J connectivity index is 1.57. The topological polar surface area (TPSA) is 99.1 Å². The van der Waals surface area contributed by atoms with Gasteiger partial charge >= 0.3 is 11.9 Å². The Kier molecular flexibility index (Phi) is 5.40. The molecule has 1 unspecified atom stereocenters. The fourth-order valence-electron chi connectivity index (χ4n) is 4.15. The zero-order valence-corrected chi connectivity index (χ0v) is 16.0. The number of carbonyl (C=O) groups excluding carboxylic acids is 1. The number of piperidine rings is 3. The van der Waals surface area contributed by atoms with Gasteiger partial charge in [0.25, 0.3) is 0 Å². The number of phenolic OH excluding ortho intramolecular Hbond substituents is 1. The van der Waals surface area contributed by atoms with Gasteiger partial charge in [-0.1, -0.05) is 18.2 Å². The predicted molar refractivity (Wildman–Crippen MR) is 107 cm³/mol. The lowest BCUT2D eigenvalue weighted by atomic mass is 9.86. The zero-order chi connectivity index (χ0) is 20.4. The summed E-state index contributed by atoms with van der Waals surface area (Å²) in [5.74, 6) is -1.05. The molecule has 2 atom stereocenters. The van der Waals surface area contributed by atoms with E-state index in [4.69, 9.17) is 4.74 Å². The minimum Gasteiger partial charge on any atom is -0.508 e. The fourth-order valence-corrected chi connectivity index (χ4v) is 4.15. The second-order valence-corrected chi connectivity index (χ2v) is 7.67. The summed E-state index contributed by atoms with van der Waals surface area (Å²) in [6.45, 7) is 2.85. The molecule has 0 radical (unpaired) electrons. The molecule has 0 saturated carbocycles. The molecule has 3 fully saturated rings. The van der Waals surface area contributed by atoms with Gasteiger partial charge in [0.05, 0.1) is 5.56 Å². The number of ether oxygens (including phenoxy) is 1. The molecule has 3 aliphatic heterocycles. The molecular formula is C22H24N2O5. The smallest absolute Gasteiger partial charge is 0.335 e. The van der Waals surface area contributed by atoms with Gasteiger partial charge in [-0.3, -0.25) is 4.90 Å². The number of hydrogen-bond donors (Lipinski definition) is 3. The Morgan fingerprint density at radius 3 is 2.52 bits per heavy atom. The van der Waals surface area contributed by atoms with Crippen molar-refractivity contribution in [1.29, 1.82) is 0 Å². The van der Waals surface area contributed by atoms with Gasteiger partial charge in [0.2, 0.25) is 0 Å². The van der Waals surface area contributed by atoms with E-state index in [0.29, 0.717) is 17.2 Å². The van der Waals surface area contributed by atoms with Gasteiger partial charge in [0.15, 0.2) is 6.04 Å². The van der Waals surface area contributed by atoms with Crippen molar-refractivity contribution in [2.75, 3.05) is 25.0 Å². The molecule has 29 heavy (non-hydrogen) atoms. The lowest BCUT2D eigenvalue weighted by Crippen LogP contribution is -2.52. The van der Waals surface area contributed by atoms with Crippen molar-refractivity contribution in [3.05, 3.63) is 59.7 Å². The Morgan fingerprint density at radius 1 is 1.10 bits per heavy atom. The number of benzene rings is 2. The van der Waals surface area contributed by atoms with Crippen LogP contribution in [0.2, 0.25) is 0 Å². The number of nitrogens with one attached hydrogen (secondary N) is 1. The van der Waals surface area contributed by atoms with Gasteiger partial charge in [-0.15, -0.1) is 0 Å². The highest BCUT2D eigenvalue weighted by atomic mass is 16.5. The molecule has 3 aliphatic rings. The molecule has 152 valence electrons. The van der Waals surface area contributed by atoms with Gasteiger partial charge in [-0.2, -0.15) is 0 Å². The van der Waals surface area contributed by atoms with Crippen molar-refractivity contribution in [1.82, 2.24) is 4.90 Å². The Labute approximate surface area is 168 Å². The first kappa shape index (κ1) is 19.3. The third kappa shape index (κ3) is 4.35. The number of aromatic carboxylic acids is 1. The zero-order valence-electron chi connectivity index (χ0n) is 16.0. The summed E-state index contributed by atoms with van der Waals surface area (Å²) in [5.41, 5.74) is 1.16. The van der Waals surface area contributed by atoms with Crippen molar-refractivity contribution in [2.24, 2.45) is 5.92 Å². The molecule has 5 rings (SSSR count). The van der Waals surface area contributed by atoms with Gasteiger partial charge < -0.3 is 20.3 Å². The van der Waals surface area contributed by atoms with Crippen LogP contribution in [-0.4, -0.2) is 52.8 Å². The fraction of sp³-hybridized carbons (Fsp3) is 0.364. The van der Waals surface area contributed by atoms with E-state index in [2.05, 4.69) is 10.2 Å². The number of phenols is 1. The second kappa shape index (κ2) is 8.13. The number of carboxylic acids is 1. The standard InChI is InChI=1S/C22H24N2O5/c25-18-6-2-3-15(12-18)20(23-17-5-1-4-16(11-17)21(26)27)22(28)29-19-13-24-9-7-14(19)8-10-24/h1-6,11-12,14,19-20,23,25H,7-10,13H2,(H,26,27)/t19-,20?/m0/s1. The molecule has 7 nitrogen and oxygen atoms in total. The number of esters is 1. The van der Waals surface area contributed by atoms with Gasteiger partial charge in [0.1, 0.15) is 11.9 Å². The molecule has 7 heteroatoms. The highest BCUT2D eigenvalue weighted by Gasteiger charge is 2.38. The van der Waals surface area contributed by atoms with Crippen LogP contribution in [-0.2, 0) is 9.53 Å². The summed E-state index contributed by atoms with van der Waals surface area (Å²) < 4.78 is 5.89. The SMILES string of the molecule is O=C(O)c1cccc(NC(C(=O)O[C@H]2CN3CCC2CC3)c2cccc(O)c2)c1. The minimum atomic E-state index is -1.04. The van der Waals surface area contributed by atoms with E-state index in [1.54, 1.807) is 24.3 Å². The number of carbonyl (C=O) groups is 2. The van der Waals surface area contributed by atoms with E-state index in [1.807, 2.05) is 0 Å². The molecule has 3 saturated heterocycles. The highest BCUT2D eigenvalue weighted by Crippen LogP contribution is 2.32. The maximum Gasteiger partial charge on any atom is 0.335 e. The molecule has 2 bridgehead atoms. The number of hydrogen-bond acceptors (Lipinski definition) is 6.